The summed E-state index contributed by atoms with van der Waals surface area (Å²) < 4.78 is 32.9. The third-order valence-electron chi connectivity index (χ3n) is 4.62. The molecule has 9 heteroatoms. The number of benzene rings is 1. The normalized spacial score (nSPS) is 12.0. The number of para-hydroxylation sites is 1. The maximum Gasteiger partial charge on any atom is 0.302 e. The van der Waals surface area contributed by atoms with Crippen LogP contribution in [0, 0.1) is 6.92 Å². The van der Waals surface area contributed by atoms with E-state index in [1.54, 1.807) is 24.1 Å². The highest BCUT2D eigenvalue weighted by Gasteiger charge is 2.15. The molecule has 0 saturated heterocycles. The third kappa shape index (κ3) is 4.87. The summed E-state index contributed by atoms with van der Waals surface area (Å²) in [6, 6.07) is 11.0. The molecule has 0 bridgehead atoms. The zero-order valence-corrected chi connectivity index (χ0v) is 18.1. The van der Waals surface area contributed by atoms with Crippen molar-refractivity contribution in [2.45, 2.75) is 13.5 Å². The van der Waals surface area contributed by atoms with Gasteiger partial charge in [0.2, 0.25) is 5.91 Å². The number of aryl methyl sites for hydroxylation is 1. The third-order valence-corrected chi connectivity index (χ3v) is 6.05. The Morgan fingerprint density at radius 1 is 1.17 bits per heavy atom. The SMILES string of the molecule is Cc1c(CN(C)C(=O)/C=C/c2ccc(NS(=O)(=O)N(C)C)nc2)oc2ccccc12. The zero-order valence-electron chi connectivity index (χ0n) is 17.3. The summed E-state index contributed by atoms with van der Waals surface area (Å²) in [6.45, 7) is 2.33. The number of pyridine rings is 1. The molecule has 1 aromatic carbocycles. The first kappa shape index (κ1) is 21.5. The Hall–Kier alpha value is -3.17. The number of carbonyl (C=O) groups excluding carboxylic acids is 1. The Balaban J connectivity index is 1.64. The van der Waals surface area contributed by atoms with Gasteiger partial charge in [0.25, 0.3) is 0 Å². The van der Waals surface area contributed by atoms with Crippen molar-refractivity contribution < 1.29 is 17.6 Å². The molecule has 158 valence electrons. The molecule has 0 fully saturated rings. The van der Waals surface area contributed by atoms with Gasteiger partial charge in [-0.1, -0.05) is 18.2 Å². The first-order valence-electron chi connectivity index (χ1n) is 9.24. The van der Waals surface area contributed by atoms with E-state index in [2.05, 4.69) is 9.71 Å². The molecule has 0 radical (unpaired) electrons. The number of nitrogens with zero attached hydrogens (tertiary/aromatic N) is 3. The van der Waals surface area contributed by atoms with Gasteiger partial charge in [0.05, 0.1) is 6.54 Å². The monoisotopic (exact) mass is 428 g/mol. The zero-order chi connectivity index (χ0) is 21.9. The molecule has 0 spiro atoms. The summed E-state index contributed by atoms with van der Waals surface area (Å²) in [5, 5.41) is 1.04. The van der Waals surface area contributed by atoms with Crippen LogP contribution in [0.2, 0.25) is 0 Å². The first-order chi connectivity index (χ1) is 14.2. The Morgan fingerprint density at radius 2 is 1.90 bits per heavy atom. The molecular weight excluding hydrogens is 404 g/mol. The molecule has 8 nitrogen and oxygen atoms in total. The summed E-state index contributed by atoms with van der Waals surface area (Å²) in [5.41, 5.74) is 2.50. The summed E-state index contributed by atoms with van der Waals surface area (Å²) in [7, 11) is 0.944. The van der Waals surface area contributed by atoms with Crippen LogP contribution < -0.4 is 4.72 Å². The maximum absolute atomic E-state index is 12.5. The fraction of sp³-hybridized carbons (Fsp3) is 0.238. The van der Waals surface area contributed by atoms with Gasteiger partial charge < -0.3 is 9.32 Å². The Kier molecular flexibility index (Phi) is 6.23. The molecule has 30 heavy (non-hydrogen) atoms. The van der Waals surface area contributed by atoms with Crippen LogP contribution in [0.15, 0.2) is 53.1 Å². The number of hydrogen-bond donors (Lipinski definition) is 1. The van der Waals surface area contributed by atoms with Crippen LogP contribution in [0.4, 0.5) is 5.82 Å². The fourth-order valence-corrected chi connectivity index (χ4v) is 3.32. The van der Waals surface area contributed by atoms with Crippen molar-refractivity contribution >= 4 is 39.0 Å². The number of anilines is 1. The van der Waals surface area contributed by atoms with Crippen LogP contribution in [0.3, 0.4) is 0 Å². The lowest BCUT2D eigenvalue weighted by Gasteiger charge is -2.14. The molecule has 0 saturated carbocycles. The standard InChI is InChI=1S/C21H24N4O4S/c1-15-17-7-5-6-8-18(17)29-19(15)14-25(4)21(26)12-10-16-9-11-20(22-13-16)23-30(27,28)24(2)3/h5-13H,14H2,1-4H3,(H,22,23)/b12-10+. The lowest BCUT2D eigenvalue weighted by atomic mass is 10.1. The van der Waals surface area contributed by atoms with E-state index in [1.807, 2.05) is 31.2 Å². The Bertz CT molecular complexity index is 1180. The second kappa shape index (κ2) is 8.68. The van der Waals surface area contributed by atoms with Crippen molar-refractivity contribution in [3.05, 3.63) is 65.6 Å². The number of carbonyl (C=O) groups is 1. The molecule has 3 aromatic rings. The minimum atomic E-state index is -3.61. The van der Waals surface area contributed by atoms with E-state index in [4.69, 9.17) is 4.42 Å². The van der Waals surface area contributed by atoms with E-state index in [0.717, 1.165) is 26.6 Å². The van der Waals surface area contributed by atoms with Crippen LogP contribution in [0.1, 0.15) is 16.9 Å². The average Bonchev–Trinajstić information content (AvgIpc) is 3.02. The topological polar surface area (TPSA) is 95.8 Å². The second-order valence-corrected chi connectivity index (χ2v) is 8.92. The summed E-state index contributed by atoms with van der Waals surface area (Å²) >= 11 is 0. The van der Waals surface area contributed by atoms with Crippen molar-refractivity contribution in [3.8, 4) is 0 Å². The van der Waals surface area contributed by atoms with E-state index in [9.17, 15) is 13.2 Å². The smallest absolute Gasteiger partial charge is 0.302 e. The Labute approximate surface area is 176 Å². The number of hydrogen-bond acceptors (Lipinski definition) is 5. The number of amides is 1. The lowest BCUT2D eigenvalue weighted by Crippen LogP contribution is -2.29. The minimum absolute atomic E-state index is 0.188. The van der Waals surface area contributed by atoms with Crippen LogP contribution in [-0.2, 0) is 21.5 Å². The molecule has 0 aliphatic carbocycles. The van der Waals surface area contributed by atoms with E-state index in [0.29, 0.717) is 12.1 Å². The molecule has 2 heterocycles. The molecule has 0 aliphatic heterocycles. The average molecular weight is 429 g/mol. The lowest BCUT2D eigenvalue weighted by molar-refractivity contribution is -0.125. The van der Waals surface area contributed by atoms with Crippen LogP contribution in [0.5, 0.6) is 0 Å². The number of rotatable bonds is 7. The van der Waals surface area contributed by atoms with Gasteiger partial charge in [0, 0.05) is 44.4 Å². The number of fused-ring (bicyclic) bond motifs is 1. The van der Waals surface area contributed by atoms with E-state index in [-0.39, 0.29) is 11.7 Å². The number of aromatic nitrogens is 1. The van der Waals surface area contributed by atoms with Gasteiger partial charge in [0.15, 0.2) is 0 Å². The predicted octanol–water partition coefficient (Wildman–Crippen LogP) is 3.03. The Morgan fingerprint density at radius 3 is 2.53 bits per heavy atom. The van der Waals surface area contributed by atoms with Crippen molar-refractivity contribution in [2.75, 3.05) is 25.9 Å². The highest BCUT2D eigenvalue weighted by atomic mass is 32.2. The van der Waals surface area contributed by atoms with Crippen LogP contribution >= 0.6 is 0 Å². The van der Waals surface area contributed by atoms with Gasteiger partial charge in [-0.05, 0) is 36.8 Å². The van der Waals surface area contributed by atoms with Crippen molar-refractivity contribution in [3.63, 3.8) is 0 Å². The predicted molar refractivity (Wildman–Crippen MR) is 117 cm³/mol. The summed E-state index contributed by atoms with van der Waals surface area (Å²) in [5.74, 6) is 0.761. The molecule has 0 aliphatic rings. The van der Waals surface area contributed by atoms with Crippen LogP contribution in [-0.4, -0.2) is 49.7 Å². The number of nitrogens with one attached hydrogen (secondary N) is 1. The van der Waals surface area contributed by atoms with Gasteiger partial charge in [-0.2, -0.15) is 12.7 Å². The summed E-state index contributed by atoms with van der Waals surface area (Å²) in [4.78, 5) is 18.1. The molecular formula is C21H24N4O4S. The van der Waals surface area contributed by atoms with Gasteiger partial charge in [-0.15, -0.1) is 0 Å². The van der Waals surface area contributed by atoms with Crippen molar-refractivity contribution in [1.29, 1.82) is 0 Å². The second-order valence-electron chi connectivity index (χ2n) is 7.04. The van der Waals surface area contributed by atoms with Gasteiger partial charge >= 0.3 is 10.2 Å². The van der Waals surface area contributed by atoms with E-state index < -0.39 is 10.2 Å². The number of furan rings is 1. The maximum atomic E-state index is 12.5. The van der Waals surface area contributed by atoms with Crippen LogP contribution in [0.25, 0.3) is 17.0 Å². The molecule has 0 atom stereocenters. The number of likely N-dealkylation sites (N-methyl/N-ethyl adjacent to an activating group) is 1. The van der Waals surface area contributed by atoms with Crippen molar-refractivity contribution in [2.24, 2.45) is 0 Å². The summed E-state index contributed by atoms with van der Waals surface area (Å²) in [6.07, 6.45) is 4.56. The highest BCUT2D eigenvalue weighted by Crippen LogP contribution is 2.25. The van der Waals surface area contributed by atoms with Gasteiger partial charge in [-0.25, -0.2) is 4.98 Å². The minimum Gasteiger partial charge on any atom is -0.459 e. The fourth-order valence-electron chi connectivity index (χ4n) is 2.75. The van der Waals surface area contributed by atoms with E-state index >= 15 is 0 Å². The first-order valence-corrected chi connectivity index (χ1v) is 10.7. The van der Waals surface area contributed by atoms with Crippen molar-refractivity contribution in [1.82, 2.24) is 14.2 Å². The molecule has 2 aromatic heterocycles. The van der Waals surface area contributed by atoms with Gasteiger partial charge in [-0.3, -0.25) is 9.52 Å². The highest BCUT2D eigenvalue weighted by molar-refractivity contribution is 7.90. The molecule has 1 N–H and O–H groups in total. The molecule has 3 rings (SSSR count). The largest absolute Gasteiger partial charge is 0.459 e. The van der Waals surface area contributed by atoms with Gasteiger partial charge in [0.1, 0.15) is 17.2 Å². The quantitative estimate of drug-likeness (QED) is 0.584. The molecule has 0 unspecified atom stereocenters. The van der Waals surface area contributed by atoms with E-state index in [1.165, 1.54) is 32.4 Å². The molecule has 1 amide bonds.